The predicted octanol–water partition coefficient (Wildman–Crippen LogP) is 16.1. The summed E-state index contributed by atoms with van der Waals surface area (Å²) in [6.07, 6.45) is 52.9. The second kappa shape index (κ2) is 45.6. The maximum Gasteiger partial charge on any atom is 0.472 e. The minimum absolute atomic E-state index is 0.0790. The van der Waals surface area contributed by atoms with Gasteiger partial charge in [0.15, 0.2) is 0 Å². The van der Waals surface area contributed by atoms with Gasteiger partial charge in [-0.1, -0.05) is 264 Å². The van der Waals surface area contributed by atoms with Crippen LogP contribution in [-0.4, -0.2) is 73.4 Å². The maximum atomic E-state index is 13.0. The van der Waals surface area contributed by atoms with Gasteiger partial charge in [-0.3, -0.25) is 13.8 Å². The lowest BCUT2D eigenvalue weighted by Gasteiger charge is -2.26. The van der Waals surface area contributed by atoms with E-state index in [-0.39, 0.29) is 19.1 Å². The molecule has 0 aromatic rings. The van der Waals surface area contributed by atoms with Crippen LogP contribution in [0.3, 0.4) is 0 Å². The summed E-state index contributed by atoms with van der Waals surface area (Å²) in [5, 5.41) is 14.0. The molecular formula is C53H110N2O6P+. The Balaban J connectivity index is 4.15. The van der Waals surface area contributed by atoms with Crippen LogP contribution in [0.25, 0.3) is 0 Å². The van der Waals surface area contributed by atoms with Gasteiger partial charge >= 0.3 is 7.82 Å². The number of amides is 1. The van der Waals surface area contributed by atoms with E-state index >= 15 is 0 Å². The largest absolute Gasteiger partial charge is 0.472 e. The Kier molecular flexibility index (Phi) is 45.3. The number of aliphatic hydroxyl groups is 1. The molecule has 0 aromatic carbocycles. The highest BCUT2D eigenvalue weighted by atomic mass is 31.2. The number of phosphoric acid groups is 1. The van der Waals surface area contributed by atoms with E-state index < -0.39 is 20.0 Å². The van der Waals surface area contributed by atoms with Crippen LogP contribution in [0.2, 0.25) is 0 Å². The molecule has 0 aromatic heterocycles. The van der Waals surface area contributed by atoms with Crippen LogP contribution in [0.4, 0.5) is 0 Å². The molecule has 0 heterocycles. The van der Waals surface area contributed by atoms with Crippen LogP contribution in [0.5, 0.6) is 0 Å². The van der Waals surface area contributed by atoms with Crippen LogP contribution < -0.4 is 5.32 Å². The maximum absolute atomic E-state index is 13.0. The Morgan fingerprint density at radius 1 is 0.484 bits per heavy atom. The Bertz CT molecular complexity index is 978. The highest BCUT2D eigenvalue weighted by Crippen LogP contribution is 2.43. The molecule has 0 spiro atoms. The number of nitrogens with one attached hydrogen (secondary N) is 1. The lowest BCUT2D eigenvalue weighted by atomic mass is 10.0. The van der Waals surface area contributed by atoms with E-state index in [1.165, 1.54) is 218 Å². The van der Waals surface area contributed by atoms with Crippen molar-refractivity contribution in [1.82, 2.24) is 5.32 Å². The van der Waals surface area contributed by atoms with Gasteiger partial charge in [0.25, 0.3) is 0 Å². The first-order valence-corrected chi connectivity index (χ1v) is 28.9. The molecule has 1 unspecified atom stereocenters. The molecule has 9 heteroatoms. The third-order valence-corrected chi connectivity index (χ3v) is 13.8. The topological polar surface area (TPSA) is 105 Å². The molecule has 0 saturated heterocycles. The molecule has 0 aliphatic carbocycles. The summed E-state index contributed by atoms with van der Waals surface area (Å²) < 4.78 is 23.8. The normalized spacial score (nSPS) is 14.0. The predicted molar refractivity (Wildman–Crippen MR) is 268 cm³/mol. The van der Waals surface area contributed by atoms with Crippen molar-refractivity contribution in [2.75, 3.05) is 40.9 Å². The molecular weight excluding hydrogens is 792 g/mol. The zero-order valence-electron chi connectivity index (χ0n) is 42.4. The van der Waals surface area contributed by atoms with Crippen LogP contribution >= 0.6 is 7.82 Å². The van der Waals surface area contributed by atoms with E-state index in [2.05, 4.69) is 19.2 Å². The third-order valence-electron chi connectivity index (χ3n) is 12.9. The number of phosphoric ester groups is 1. The minimum atomic E-state index is -4.31. The summed E-state index contributed by atoms with van der Waals surface area (Å²) in [7, 11) is 1.63. The highest BCUT2D eigenvalue weighted by Gasteiger charge is 2.28. The van der Waals surface area contributed by atoms with Crippen molar-refractivity contribution in [2.45, 2.75) is 296 Å². The van der Waals surface area contributed by atoms with Gasteiger partial charge in [-0.05, 0) is 12.8 Å². The van der Waals surface area contributed by atoms with E-state index in [1.807, 2.05) is 21.1 Å². The smallest absolute Gasteiger partial charge is 0.391 e. The zero-order valence-corrected chi connectivity index (χ0v) is 43.3. The molecule has 8 nitrogen and oxygen atoms in total. The summed E-state index contributed by atoms with van der Waals surface area (Å²) in [5.74, 6) is -0.137. The van der Waals surface area contributed by atoms with Crippen LogP contribution in [0, 0.1) is 0 Å². The van der Waals surface area contributed by atoms with Gasteiger partial charge in [0, 0.05) is 6.42 Å². The fourth-order valence-corrected chi connectivity index (χ4v) is 9.26. The summed E-state index contributed by atoms with van der Waals surface area (Å²) >= 11 is 0. The lowest BCUT2D eigenvalue weighted by Crippen LogP contribution is -2.46. The summed E-state index contributed by atoms with van der Waals surface area (Å²) in [6.45, 7) is 4.94. The van der Waals surface area contributed by atoms with Crippen molar-refractivity contribution in [3.63, 3.8) is 0 Å². The molecule has 0 saturated carbocycles. The van der Waals surface area contributed by atoms with E-state index in [1.54, 1.807) is 0 Å². The molecule has 0 aliphatic rings. The number of quaternary nitrogens is 1. The van der Waals surface area contributed by atoms with Crippen LogP contribution in [0.1, 0.15) is 284 Å². The summed E-state index contributed by atoms with van der Waals surface area (Å²) in [4.78, 5) is 23.3. The van der Waals surface area contributed by atoms with E-state index in [0.29, 0.717) is 23.9 Å². The molecule has 0 bridgehead atoms. The Labute approximate surface area is 387 Å². The fraction of sp³-hybridized carbons (Fsp3) is 0.981. The number of carbonyl (C=O) groups excluding carboxylic acids is 1. The molecule has 0 aliphatic heterocycles. The number of likely N-dealkylation sites (N-methyl/N-ethyl adjacent to an activating group) is 1. The number of aliphatic hydroxyl groups excluding tert-OH is 1. The van der Waals surface area contributed by atoms with Gasteiger partial charge in [0.05, 0.1) is 39.9 Å². The SMILES string of the molecule is CCCCCCCCCCCCCCCCCCCCCCCCCC(=O)N[C@@H](COP(=O)(O)OCC[N+](C)(C)C)[C@H](O)CCCCCCCCCCCCCCCCCCC. The van der Waals surface area contributed by atoms with Gasteiger partial charge in [0.1, 0.15) is 13.2 Å². The zero-order chi connectivity index (χ0) is 45.7. The number of rotatable bonds is 51. The van der Waals surface area contributed by atoms with Crippen molar-refractivity contribution in [3.8, 4) is 0 Å². The molecule has 3 atom stereocenters. The van der Waals surface area contributed by atoms with Gasteiger partial charge in [-0.2, -0.15) is 0 Å². The number of unbranched alkanes of at least 4 members (excludes halogenated alkanes) is 38. The van der Waals surface area contributed by atoms with Gasteiger partial charge in [-0.15, -0.1) is 0 Å². The number of hydrogen-bond donors (Lipinski definition) is 3. The third kappa shape index (κ3) is 47.5. The van der Waals surface area contributed by atoms with Crippen LogP contribution in [-0.2, 0) is 18.4 Å². The first kappa shape index (κ1) is 61.5. The number of carbonyl (C=O) groups is 1. The van der Waals surface area contributed by atoms with Gasteiger partial charge < -0.3 is 19.8 Å². The fourth-order valence-electron chi connectivity index (χ4n) is 8.52. The minimum Gasteiger partial charge on any atom is -0.391 e. The van der Waals surface area contributed by atoms with E-state index in [4.69, 9.17) is 9.05 Å². The highest BCUT2D eigenvalue weighted by molar-refractivity contribution is 7.47. The second-order valence-electron chi connectivity index (χ2n) is 20.3. The standard InChI is InChI=1S/C53H109N2O6P/c1-6-8-10-12-14-16-18-20-22-24-25-26-27-28-29-31-33-35-37-39-41-43-45-47-53(57)54-51(50-61-62(58,59)60-49-48-55(3,4)5)52(56)46-44-42-40-38-36-34-32-30-23-21-19-17-15-13-11-9-7-2/h51-52,56H,6-50H2,1-5H3,(H-,54,57,58,59)/p+1/t51-,52+/m0/s1. The van der Waals surface area contributed by atoms with Crippen LogP contribution in [0.15, 0.2) is 0 Å². The first-order valence-electron chi connectivity index (χ1n) is 27.4. The summed E-state index contributed by atoms with van der Waals surface area (Å²) in [6, 6.07) is -0.754. The molecule has 62 heavy (non-hydrogen) atoms. The molecule has 1 amide bonds. The average molecular weight is 902 g/mol. The number of hydrogen-bond acceptors (Lipinski definition) is 5. The number of nitrogens with zero attached hydrogens (tertiary/aromatic N) is 1. The van der Waals surface area contributed by atoms with E-state index in [9.17, 15) is 19.4 Å². The molecule has 0 fully saturated rings. The second-order valence-corrected chi connectivity index (χ2v) is 21.8. The molecule has 372 valence electrons. The lowest BCUT2D eigenvalue weighted by molar-refractivity contribution is -0.870. The van der Waals surface area contributed by atoms with Crippen molar-refractivity contribution in [1.29, 1.82) is 0 Å². The van der Waals surface area contributed by atoms with Crippen molar-refractivity contribution in [2.24, 2.45) is 0 Å². The van der Waals surface area contributed by atoms with E-state index in [0.717, 1.165) is 38.5 Å². The molecule has 3 N–H and O–H groups in total. The quantitative estimate of drug-likeness (QED) is 0.0319. The molecule has 0 rings (SSSR count). The van der Waals surface area contributed by atoms with Gasteiger partial charge in [-0.25, -0.2) is 4.57 Å². The van der Waals surface area contributed by atoms with Crippen molar-refractivity contribution >= 4 is 13.7 Å². The average Bonchev–Trinajstić information content (AvgIpc) is 3.23. The summed E-state index contributed by atoms with van der Waals surface area (Å²) in [5.41, 5.74) is 0. The van der Waals surface area contributed by atoms with Crippen molar-refractivity contribution in [3.05, 3.63) is 0 Å². The Hall–Kier alpha value is -0.500. The monoisotopic (exact) mass is 902 g/mol. The Morgan fingerprint density at radius 3 is 1.08 bits per heavy atom. The first-order chi connectivity index (χ1) is 30.0. The molecule has 0 radical (unpaired) electrons. The Morgan fingerprint density at radius 2 is 0.774 bits per heavy atom. The van der Waals surface area contributed by atoms with Crippen molar-refractivity contribution < 1.29 is 32.9 Å². The van der Waals surface area contributed by atoms with Gasteiger partial charge in [0.2, 0.25) is 5.91 Å².